The van der Waals surface area contributed by atoms with E-state index in [1.54, 1.807) is 6.07 Å². The highest BCUT2D eigenvalue weighted by molar-refractivity contribution is 5.55. The van der Waals surface area contributed by atoms with E-state index in [9.17, 15) is 4.39 Å². The predicted octanol–water partition coefficient (Wildman–Crippen LogP) is 3.61. The van der Waals surface area contributed by atoms with E-state index in [0.717, 1.165) is 11.3 Å². The topological polar surface area (TPSA) is 29.3 Å². The first kappa shape index (κ1) is 13.3. The Morgan fingerprint density at radius 2 is 1.94 bits per heavy atom. The summed E-state index contributed by atoms with van der Waals surface area (Å²) in [5.74, 6) is -0.205. The molecule has 2 nitrogen and oxygen atoms in total. The molecule has 0 bridgehead atoms. The van der Waals surface area contributed by atoms with Gasteiger partial charge >= 0.3 is 0 Å². The van der Waals surface area contributed by atoms with Crippen molar-refractivity contribution < 1.29 is 4.39 Å². The predicted molar refractivity (Wildman–Crippen MR) is 74.3 cm³/mol. The van der Waals surface area contributed by atoms with Gasteiger partial charge in [0.05, 0.1) is 0 Å². The fourth-order valence-electron chi connectivity index (χ4n) is 2.88. The quantitative estimate of drug-likeness (QED) is 0.888. The Hall–Kier alpha value is -1.09. The van der Waals surface area contributed by atoms with Gasteiger partial charge in [0.15, 0.2) is 0 Å². The van der Waals surface area contributed by atoms with Gasteiger partial charge in [0.2, 0.25) is 0 Å². The minimum absolute atomic E-state index is 0.137. The van der Waals surface area contributed by atoms with E-state index >= 15 is 0 Å². The number of rotatable bonds is 3. The maximum atomic E-state index is 13.3. The minimum Gasteiger partial charge on any atom is -0.371 e. The van der Waals surface area contributed by atoms with E-state index in [-0.39, 0.29) is 11.9 Å². The smallest absolute Gasteiger partial charge is 0.123 e. The lowest BCUT2D eigenvalue weighted by Crippen LogP contribution is -2.34. The van der Waals surface area contributed by atoms with Crippen LogP contribution in [0.5, 0.6) is 0 Å². The van der Waals surface area contributed by atoms with E-state index in [1.165, 1.54) is 38.2 Å². The van der Waals surface area contributed by atoms with Crippen molar-refractivity contribution in [1.82, 2.24) is 0 Å². The molecule has 18 heavy (non-hydrogen) atoms. The number of halogens is 1. The Kier molecular flexibility index (Phi) is 4.23. The number of nitrogens with two attached hydrogens (primary N) is 1. The molecule has 1 atom stereocenters. The Morgan fingerprint density at radius 1 is 1.28 bits per heavy atom. The summed E-state index contributed by atoms with van der Waals surface area (Å²) in [5.41, 5.74) is 7.94. The van der Waals surface area contributed by atoms with Gasteiger partial charge in [0.25, 0.3) is 0 Å². The molecule has 2 rings (SSSR count). The van der Waals surface area contributed by atoms with Gasteiger partial charge in [-0.05, 0) is 43.5 Å². The van der Waals surface area contributed by atoms with Crippen LogP contribution >= 0.6 is 0 Å². The van der Waals surface area contributed by atoms with E-state index in [0.29, 0.717) is 6.04 Å². The largest absolute Gasteiger partial charge is 0.371 e. The normalized spacial score (nSPS) is 18.7. The molecule has 0 amide bonds. The molecule has 1 aromatic rings. The summed E-state index contributed by atoms with van der Waals surface area (Å²) in [6.07, 6.45) is 6.39. The van der Waals surface area contributed by atoms with Crippen molar-refractivity contribution in [2.45, 2.75) is 51.1 Å². The summed E-state index contributed by atoms with van der Waals surface area (Å²) in [7, 11) is 2.11. The zero-order valence-corrected chi connectivity index (χ0v) is 11.3. The van der Waals surface area contributed by atoms with Crippen molar-refractivity contribution in [2.24, 2.45) is 5.73 Å². The first-order chi connectivity index (χ1) is 8.59. The van der Waals surface area contributed by atoms with Gasteiger partial charge < -0.3 is 10.6 Å². The van der Waals surface area contributed by atoms with Gasteiger partial charge in [-0.25, -0.2) is 4.39 Å². The number of hydrogen-bond acceptors (Lipinski definition) is 2. The second-order valence-electron chi connectivity index (χ2n) is 5.39. The second kappa shape index (κ2) is 5.70. The summed E-state index contributed by atoms with van der Waals surface area (Å²) < 4.78 is 13.3. The molecule has 0 aliphatic heterocycles. The van der Waals surface area contributed by atoms with Crippen LogP contribution in [0.15, 0.2) is 18.2 Å². The van der Waals surface area contributed by atoms with Crippen LogP contribution in [0, 0.1) is 5.82 Å². The van der Waals surface area contributed by atoms with Gasteiger partial charge in [-0.1, -0.05) is 19.3 Å². The Morgan fingerprint density at radius 3 is 2.56 bits per heavy atom. The van der Waals surface area contributed by atoms with E-state index in [4.69, 9.17) is 5.73 Å². The fraction of sp³-hybridized carbons (Fsp3) is 0.600. The summed E-state index contributed by atoms with van der Waals surface area (Å²) in [4.78, 5) is 2.29. The van der Waals surface area contributed by atoms with Crippen molar-refractivity contribution in [3.8, 4) is 0 Å². The van der Waals surface area contributed by atoms with Crippen LogP contribution in [0.1, 0.15) is 50.6 Å². The monoisotopic (exact) mass is 250 g/mol. The third kappa shape index (κ3) is 2.83. The molecule has 100 valence electrons. The first-order valence-corrected chi connectivity index (χ1v) is 6.87. The van der Waals surface area contributed by atoms with Crippen molar-refractivity contribution in [3.63, 3.8) is 0 Å². The number of hydrogen-bond donors (Lipinski definition) is 1. The highest BCUT2D eigenvalue weighted by Crippen LogP contribution is 2.31. The molecular weight excluding hydrogens is 227 g/mol. The number of anilines is 1. The van der Waals surface area contributed by atoms with Crippen LogP contribution in [-0.2, 0) is 0 Å². The van der Waals surface area contributed by atoms with Gasteiger partial charge in [-0.2, -0.15) is 0 Å². The molecule has 0 aromatic heterocycles. The molecule has 0 spiro atoms. The molecule has 1 fully saturated rings. The van der Waals surface area contributed by atoms with Crippen molar-refractivity contribution >= 4 is 5.69 Å². The maximum Gasteiger partial charge on any atom is 0.123 e. The van der Waals surface area contributed by atoms with E-state index in [2.05, 4.69) is 11.9 Å². The second-order valence-corrected chi connectivity index (χ2v) is 5.39. The molecule has 1 aliphatic rings. The average molecular weight is 250 g/mol. The van der Waals surface area contributed by atoms with E-state index < -0.39 is 0 Å². The highest BCUT2D eigenvalue weighted by Gasteiger charge is 2.21. The zero-order chi connectivity index (χ0) is 13.1. The van der Waals surface area contributed by atoms with Crippen LogP contribution in [0.25, 0.3) is 0 Å². The molecule has 0 saturated heterocycles. The maximum absolute atomic E-state index is 13.3. The molecule has 0 unspecified atom stereocenters. The lowest BCUT2D eigenvalue weighted by Gasteiger charge is -2.34. The lowest BCUT2D eigenvalue weighted by molar-refractivity contribution is 0.426. The Bertz CT molecular complexity index is 397. The minimum atomic E-state index is -0.205. The summed E-state index contributed by atoms with van der Waals surface area (Å²) >= 11 is 0. The summed E-state index contributed by atoms with van der Waals surface area (Å²) in [6.45, 7) is 1.91. The number of nitrogens with zero attached hydrogens (tertiary/aromatic N) is 1. The third-order valence-corrected chi connectivity index (χ3v) is 3.98. The highest BCUT2D eigenvalue weighted by atomic mass is 19.1. The molecule has 1 aromatic carbocycles. The SMILES string of the molecule is C[C@@H](N)c1cc(F)ccc1N(C)C1CCCCC1. The van der Waals surface area contributed by atoms with Crippen LogP contribution in [0.2, 0.25) is 0 Å². The van der Waals surface area contributed by atoms with Crippen molar-refractivity contribution in [2.75, 3.05) is 11.9 Å². The summed E-state index contributed by atoms with van der Waals surface area (Å²) in [6, 6.07) is 5.39. The van der Waals surface area contributed by atoms with Crippen LogP contribution in [0.3, 0.4) is 0 Å². The van der Waals surface area contributed by atoms with Crippen molar-refractivity contribution in [1.29, 1.82) is 0 Å². The molecule has 3 heteroatoms. The van der Waals surface area contributed by atoms with Gasteiger partial charge in [0.1, 0.15) is 5.82 Å². The molecular formula is C15H23FN2. The van der Waals surface area contributed by atoms with E-state index in [1.807, 2.05) is 13.0 Å². The molecule has 0 heterocycles. The van der Waals surface area contributed by atoms with Gasteiger partial charge in [-0.15, -0.1) is 0 Å². The Balaban J connectivity index is 2.25. The average Bonchev–Trinajstić information content (AvgIpc) is 2.39. The summed E-state index contributed by atoms with van der Waals surface area (Å²) in [5, 5.41) is 0. The van der Waals surface area contributed by atoms with Crippen LogP contribution < -0.4 is 10.6 Å². The molecule has 1 aliphatic carbocycles. The van der Waals surface area contributed by atoms with Crippen molar-refractivity contribution in [3.05, 3.63) is 29.6 Å². The number of benzene rings is 1. The lowest BCUT2D eigenvalue weighted by atomic mass is 9.93. The van der Waals surface area contributed by atoms with Gasteiger partial charge in [-0.3, -0.25) is 0 Å². The van der Waals surface area contributed by atoms with Crippen LogP contribution in [0.4, 0.5) is 10.1 Å². The Labute approximate surface area is 109 Å². The molecule has 0 radical (unpaired) electrons. The zero-order valence-electron chi connectivity index (χ0n) is 11.3. The van der Waals surface area contributed by atoms with Crippen LogP contribution in [-0.4, -0.2) is 13.1 Å². The molecule has 2 N–H and O–H groups in total. The molecule has 1 saturated carbocycles. The third-order valence-electron chi connectivity index (χ3n) is 3.98. The first-order valence-electron chi connectivity index (χ1n) is 6.87. The standard InChI is InChI=1S/C15H23FN2/c1-11(17)14-10-12(16)8-9-15(14)18(2)13-6-4-3-5-7-13/h8-11,13H,3-7,17H2,1-2H3/t11-/m1/s1. The van der Waals surface area contributed by atoms with Gasteiger partial charge in [0, 0.05) is 24.8 Å². The fourth-order valence-corrected chi connectivity index (χ4v) is 2.88.